The van der Waals surface area contributed by atoms with Gasteiger partial charge in [-0.3, -0.25) is 4.79 Å². The van der Waals surface area contributed by atoms with Crippen molar-refractivity contribution in [1.29, 1.82) is 0 Å². The molecule has 0 spiro atoms. The van der Waals surface area contributed by atoms with Crippen LogP contribution in [0.4, 0.5) is 0 Å². The van der Waals surface area contributed by atoms with E-state index in [1.165, 1.54) is 0 Å². The molecule has 0 radical (unpaired) electrons. The molecular weight excluding hydrogens is 370 g/mol. The summed E-state index contributed by atoms with van der Waals surface area (Å²) in [6.07, 6.45) is 3.96. The van der Waals surface area contributed by atoms with Crippen molar-refractivity contribution < 1.29 is 23.7 Å². The third-order valence-electron chi connectivity index (χ3n) is 4.64. The van der Waals surface area contributed by atoms with Crippen LogP contribution in [0.5, 0.6) is 23.0 Å². The van der Waals surface area contributed by atoms with Crippen molar-refractivity contribution in [2.45, 2.75) is 19.4 Å². The van der Waals surface area contributed by atoms with E-state index in [2.05, 4.69) is 0 Å². The van der Waals surface area contributed by atoms with E-state index in [0.717, 1.165) is 17.7 Å². The summed E-state index contributed by atoms with van der Waals surface area (Å²) < 4.78 is 22.4. The predicted molar refractivity (Wildman–Crippen MR) is 112 cm³/mol. The van der Waals surface area contributed by atoms with Gasteiger partial charge < -0.3 is 23.8 Å². The van der Waals surface area contributed by atoms with E-state index in [9.17, 15) is 4.79 Å². The first-order valence-electron chi connectivity index (χ1n) is 9.72. The maximum Gasteiger partial charge on any atom is 0.246 e. The molecular formula is C23H27NO5. The minimum absolute atomic E-state index is 0.0841. The number of ether oxygens (including phenoxy) is 4. The SMILES string of the molecule is CCCN(C[C@@H]1COc2ccccc2O1)C(=O)/C=C/c1cc(OC)ccc1OC. The number of hydrogen-bond acceptors (Lipinski definition) is 5. The highest BCUT2D eigenvalue weighted by atomic mass is 16.6. The topological polar surface area (TPSA) is 57.2 Å². The predicted octanol–water partition coefficient (Wildman–Crippen LogP) is 3.80. The second-order valence-electron chi connectivity index (χ2n) is 6.72. The molecule has 0 N–H and O–H groups in total. The van der Waals surface area contributed by atoms with Crippen LogP contribution in [0.25, 0.3) is 6.08 Å². The van der Waals surface area contributed by atoms with Crippen molar-refractivity contribution >= 4 is 12.0 Å². The van der Waals surface area contributed by atoms with Crippen LogP contribution in [0, 0.1) is 0 Å². The molecule has 0 fully saturated rings. The maximum atomic E-state index is 12.9. The highest BCUT2D eigenvalue weighted by Crippen LogP contribution is 2.31. The number of hydrogen-bond donors (Lipinski definition) is 0. The van der Waals surface area contributed by atoms with Gasteiger partial charge in [0.15, 0.2) is 17.6 Å². The Morgan fingerprint density at radius 1 is 1.17 bits per heavy atom. The summed E-state index contributed by atoms with van der Waals surface area (Å²) in [4.78, 5) is 14.6. The van der Waals surface area contributed by atoms with Gasteiger partial charge in [0.05, 0.1) is 20.8 Å². The van der Waals surface area contributed by atoms with Crippen molar-refractivity contribution in [2.75, 3.05) is 33.9 Å². The zero-order chi connectivity index (χ0) is 20.6. The fraction of sp³-hybridized carbons (Fsp3) is 0.348. The lowest BCUT2D eigenvalue weighted by Gasteiger charge is -2.30. The number of nitrogens with zero attached hydrogens (tertiary/aromatic N) is 1. The molecule has 1 amide bonds. The molecule has 1 aliphatic rings. The first-order chi connectivity index (χ1) is 14.1. The van der Waals surface area contributed by atoms with Crippen LogP contribution in [0.1, 0.15) is 18.9 Å². The summed E-state index contributed by atoms with van der Waals surface area (Å²) >= 11 is 0. The molecule has 0 saturated carbocycles. The third-order valence-corrected chi connectivity index (χ3v) is 4.64. The van der Waals surface area contributed by atoms with E-state index >= 15 is 0 Å². The second kappa shape index (κ2) is 9.87. The monoisotopic (exact) mass is 397 g/mol. The summed E-state index contributed by atoms with van der Waals surface area (Å²) in [5, 5.41) is 0. The molecule has 6 nitrogen and oxygen atoms in total. The Morgan fingerprint density at radius 3 is 2.69 bits per heavy atom. The fourth-order valence-corrected chi connectivity index (χ4v) is 3.20. The van der Waals surface area contributed by atoms with Gasteiger partial charge in [-0.1, -0.05) is 19.1 Å². The molecule has 154 valence electrons. The van der Waals surface area contributed by atoms with Crippen LogP contribution in [-0.4, -0.2) is 50.8 Å². The third kappa shape index (κ3) is 5.22. The van der Waals surface area contributed by atoms with Gasteiger partial charge in [0.1, 0.15) is 18.1 Å². The van der Waals surface area contributed by atoms with Crippen molar-refractivity contribution in [1.82, 2.24) is 4.90 Å². The quantitative estimate of drug-likeness (QED) is 0.634. The zero-order valence-electron chi connectivity index (χ0n) is 17.1. The standard InChI is InChI=1S/C23H27NO5/c1-4-13-24(15-19-16-28-21-7-5-6-8-22(21)29-19)23(25)12-9-17-14-18(26-2)10-11-20(17)27-3/h5-12,14,19H,4,13,15-16H2,1-3H3/b12-9+/t19-/m1/s1. The number of fused-ring (bicyclic) bond motifs is 1. The minimum Gasteiger partial charge on any atom is -0.497 e. The molecule has 0 unspecified atom stereocenters. The van der Waals surface area contributed by atoms with E-state index in [1.807, 2.05) is 49.4 Å². The molecule has 0 bridgehead atoms. The number of methoxy groups -OCH3 is 2. The normalized spacial score (nSPS) is 15.2. The van der Waals surface area contributed by atoms with Crippen molar-refractivity contribution in [3.63, 3.8) is 0 Å². The summed E-state index contributed by atoms with van der Waals surface area (Å²) in [6, 6.07) is 13.0. The van der Waals surface area contributed by atoms with Crippen molar-refractivity contribution in [3.05, 3.63) is 54.1 Å². The van der Waals surface area contributed by atoms with Gasteiger partial charge in [-0.05, 0) is 42.8 Å². The molecule has 1 heterocycles. The Labute approximate surface area is 171 Å². The molecule has 29 heavy (non-hydrogen) atoms. The first kappa shape index (κ1) is 20.6. The molecule has 0 aliphatic carbocycles. The summed E-state index contributed by atoms with van der Waals surface area (Å²) in [5.41, 5.74) is 0.780. The number of para-hydroxylation sites is 2. The van der Waals surface area contributed by atoms with Gasteiger partial charge in [-0.25, -0.2) is 0 Å². The minimum atomic E-state index is -0.208. The molecule has 1 aliphatic heterocycles. The Hall–Kier alpha value is -3.15. The molecule has 0 aromatic heterocycles. The van der Waals surface area contributed by atoms with Crippen molar-refractivity contribution in [2.24, 2.45) is 0 Å². The summed E-state index contributed by atoms with van der Waals surface area (Å²) in [6.45, 7) is 3.56. The zero-order valence-corrected chi connectivity index (χ0v) is 17.1. The molecule has 6 heteroatoms. The highest BCUT2D eigenvalue weighted by molar-refractivity contribution is 5.92. The molecule has 3 rings (SSSR count). The fourth-order valence-electron chi connectivity index (χ4n) is 3.20. The summed E-state index contributed by atoms with van der Waals surface area (Å²) in [5.74, 6) is 2.75. The van der Waals surface area contributed by atoms with Crippen LogP contribution >= 0.6 is 0 Å². The molecule has 1 atom stereocenters. The smallest absolute Gasteiger partial charge is 0.246 e. The van der Waals surface area contributed by atoms with Crippen LogP contribution in [0.15, 0.2) is 48.5 Å². The van der Waals surface area contributed by atoms with Crippen LogP contribution in [0.2, 0.25) is 0 Å². The number of carbonyl (C=O) groups is 1. The first-order valence-corrected chi connectivity index (χ1v) is 9.72. The lowest BCUT2D eigenvalue weighted by molar-refractivity contribution is -0.127. The Kier molecular flexibility index (Phi) is 7.00. The van der Waals surface area contributed by atoms with Gasteiger partial charge >= 0.3 is 0 Å². The number of carbonyl (C=O) groups excluding carboxylic acids is 1. The lowest BCUT2D eigenvalue weighted by atomic mass is 10.1. The van der Waals surface area contributed by atoms with Crippen LogP contribution in [0.3, 0.4) is 0 Å². The number of benzene rings is 2. The van der Waals surface area contributed by atoms with E-state index in [-0.39, 0.29) is 12.0 Å². The van der Waals surface area contributed by atoms with Crippen LogP contribution in [-0.2, 0) is 4.79 Å². The number of rotatable bonds is 8. The average Bonchev–Trinajstić information content (AvgIpc) is 2.76. The number of amides is 1. The Balaban J connectivity index is 1.69. The molecule has 2 aromatic rings. The summed E-state index contributed by atoms with van der Waals surface area (Å²) in [7, 11) is 3.20. The van der Waals surface area contributed by atoms with Gasteiger partial charge in [0, 0.05) is 18.2 Å². The van der Waals surface area contributed by atoms with Gasteiger partial charge in [0.2, 0.25) is 5.91 Å². The average molecular weight is 397 g/mol. The Morgan fingerprint density at radius 2 is 1.97 bits per heavy atom. The van der Waals surface area contributed by atoms with E-state index in [4.69, 9.17) is 18.9 Å². The maximum absolute atomic E-state index is 12.9. The van der Waals surface area contributed by atoms with E-state index in [1.54, 1.807) is 31.3 Å². The highest BCUT2D eigenvalue weighted by Gasteiger charge is 2.24. The Bertz CT molecular complexity index is 864. The lowest BCUT2D eigenvalue weighted by Crippen LogP contribution is -2.43. The van der Waals surface area contributed by atoms with E-state index in [0.29, 0.717) is 36.9 Å². The second-order valence-corrected chi connectivity index (χ2v) is 6.72. The van der Waals surface area contributed by atoms with E-state index < -0.39 is 0 Å². The largest absolute Gasteiger partial charge is 0.497 e. The van der Waals surface area contributed by atoms with Gasteiger partial charge in [-0.15, -0.1) is 0 Å². The molecule has 0 saturated heterocycles. The molecule has 2 aromatic carbocycles. The van der Waals surface area contributed by atoms with Crippen LogP contribution < -0.4 is 18.9 Å². The van der Waals surface area contributed by atoms with Crippen molar-refractivity contribution in [3.8, 4) is 23.0 Å². The van der Waals surface area contributed by atoms with Gasteiger partial charge in [0.25, 0.3) is 0 Å². The van der Waals surface area contributed by atoms with Gasteiger partial charge in [-0.2, -0.15) is 0 Å².